The molecule has 0 aromatic carbocycles. The minimum Gasteiger partial charge on any atom is -0.335 e. The van der Waals surface area contributed by atoms with Crippen molar-refractivity contribution in [3.05, 3.63) is 0 Å². The first-order valence-corrected chi connectivity index (χ1v) is 8.03. The van der Waals surface area contributed by atoms with E-state index in [1.54, 1.807) is 0 Å². The number of piperidine rings is 1. The predicted octanol–water partition coefficient (Wildman–Crippen LogP) is 2.35. The zero-order valence-corrected chi connectivity index (χ0v) is 12.5. The Balaban J connectivity index is 1.79. The van der Waals surface area contributed by atoms with Crippen LogP contribution in [0.5, 0.6) is 0 Å². The van der Waals surface area contributed by atoms with Crippen LogP contribution in [0.3, 0.4) is 0 Å². The molecule has 2 aliphatic rings. The van der Waals surface area contributed by atoms with E-state index in [0.29, 0.717) is 18.0 Å². The Morgan fingerprint density at radius 1 is 1.26 bits per heavy atom. The van der Waals surface area contributed by atoms with Gasteiger partial charge in [-0.25, -0.2) is 4.79 Å². The summed E-state index contributed by atoms with van der Waals surface area (Å²) in [6, 6.07) is 1.21. The van der Waals surface area contributed by atoms with E-state index in [4.69, 9.17) is 0 Å². The van der Waals surface area contributed by atoms with Crippen molar-refractivity contribution < 1.29 is 4.79 Å². The molecule has 0 radical (unpaired) electrons. The van der Waals surface area contributed by atoms with Gasteiger partial charge in [-0.3, -0.25) is 0 Å². The normalized spacial score (nSPS) is 28.0. The van der Waals surface area contributed by atoms with E-state index >= 15 is 0 Å². The number of hydrogen-bond acceptors (Lipinski definition) is 2. The van der Waals surface area contributed by atoms with Crippen LogP contribution in [0.15, 0.2) is 0 Å². The number of hydrogen-bond donors (Lipinski definition) is 2. The fraction of sp³-hybridized carbons (Fsp3) is 0.933. The largest absolute Gasteiger partial charge is 0.335 e. The van der Waals surface area contributed by atoms with E-state index in [0.717, 1.165) is 45.3 Å². The van der Waals surface area contributed by atoms with Crippen LogP contribution in [0, 0.1) is 5.92 Å². The van der Waals surface area contributed by atoms with E-state index in [2.05, 4.69) is 24.5 Å². The van der Waals surface area contributed by atoms with Gasteiger partial charge in [0.1, 0.15) is 0 Å². The highest BCUT2D eigenvalue weighted by Gasteiger charge is 2.31. The molecule has 1 heterocycles. The van der Waals surface area contributed by atoms with Gasteiger partial charge >= 0.3 is 6.03 Å². The third-order valence-electron chi connectivity index (χ3n) is 4.63. The molecule has 2 atom stereocenters. The topological polar surface area (TPSA) is 44.4 Å². The molecular formula is C15H29N3O. The number of nitrogens with zero attached hydrogens (tertiary/aromatic N) is 1. The Hall–Kier alpha value is -0.770. The van der Waals surface area contributed by atoms with Gasteiger partial charge in [0.05, 0.1) is 0 Å². The third kappa shape index (κ3) is 3.85. The van der Waals surface area contributed by atoms with E-state index in [-0.39, 0.29) is 6.03 Å². The molecule has 0 spiro atoms. The van der Waals surface area contributed by atoms with E-state index in [1.807, 2.05) is 4.90 Å². The van der Waals surface area contributed by atoms with Crippen LogP contribution in [0.2, 0.25) is 0 Å². The Morgan fingerprint density at radius 3 is 2.63 bits per heavy atom. The molecule has 4 nitrogen and oxygen atoms in total. The van der Waals surface area contributed by atoms with Crippen molar-refractivity contribution in [2.45, 2.75) is 64.5 Å². The SMILES string of the molecule is CCCNC1CCN(C(=O)NC2CCC2)CC1CC. The van der Waals surface area contributed by atoms with Crippen molar-refractivity contribution in [1.29, 1.82) is 0 Å². The average molecular weight is 267 g/mol. The number of nitrogens with one attached hydrogen (secondary N) is 2. The van der Waals surface area contributed by atoms with Crippen molar-refractivity contribution in [1.82, 2.24) is 15.5 Å². The maximum absolute atomic E-state index is 12.2. The van der Waals surface area contributed by atoms with Crippen LogP contribution in [-0.4, -0.2) is 42.6 Å². The molecule has 0 bridgehead atoms. The summed E-state index contributed by atoms with van der Waals surface area (Å²) in [5.74, 6) is 0.604. The summed E-state index contributed by atoms with van der Waals surface area (Å²) >= 11 is 0. The molecule has 2 rings (SSSR count). The van der Waals surface area contributed by atoms with Crippen molar-refractivity contribution in [3.63, 3.8) is 0 Å². The Bertz CT molecular complexity index is 291. The molecule has 0 aromatic heterocycles. The summed E-state index contributed by atoms with van der Waals surface area (Å²) in [6.45, 7) is 7.34. The second-order valence-electron chi connectivity index (χ2n) is 6.04. The fourth-order valence-corrected chi connectivity index (χ4v) is 3.05. The highest BCUT2D eigenvalue weighted by molar-refractivity contribution is 5.74. The summed E-state index contributed by atoms with van der Waals surface area (Å²) in [4.78, 5) is 14.2. The van der Waals surface area contributed by atoms with Crippen LogP contribution < -0.4 is 10.6 Å². The lowest BCUT2D eigenvalue weighted by Gasteiger charge is -2.40. The highest BCUT2D eigenvalue weighted by atomic mass is 16.2. The van der Waals surface area contributed by atoms with E-state index in [9.17, 15) is 4.79 Å². The Kier molecular flexibility index (Phi) is 5.49. The van der Waals surface area contributed by atoms with Gasteiger partial charge in [0, 0.05) is 25.2 Å². The fourth-order valence-electron chi connectivity index (χ4n) is 3.05. The average Bonchev–Trinajstić information content (AvgIpc) is 2.40. The van der Waals surface area contributed by atoms with Gasteiger partial charge in [0.25, 0.3) is 0 Å². The molecule has 19 heavy (non-hydrogen) atoms. The first-order valence-electron chi connectivity index (χ1n) is 8.03. The quantitative estimate of drug-likeness (QED) is 0.803. The zero-order valence-electron chi connectivity index (χ0n) is 12.5. The minimum absolute atomic E-state index is 0.164. The molecule has 2 amide bonds. The summed E-state index contributed by atoms with van der Waals surface area (Å²) in [7, 11) is 0. The molecular weight excluding hydrogens is 238 g/mol. The molecule has 4 heteroatoms. The van der Waals surface area contributed by atoms with Crippen molar-refractivity contribution in [2.75, 3.05) is 19.6 Å². The molecule has 1 aliphatic carbocycles. The van der Waals surface area contributed by atoms with Crippen LogP contribution in [-0.2, 0) is 0 Å². The number of carbonyl (C=O) groups is 1. The maximum atomic E-state index is 12.2. The molecule has 1 saturated heterocycles. The number of carbonyl (C=O) groups excluding carboxylic acids is 1. The minimum atomic E-state index is 0.164. The standard InChI is InChI=1S/C15H29N3O/c1-3-9-16-14-8-10-18(11-12(14)4-2)15(19)17-13-6-5-7-13/h12-14,16H,3-11H2,1-2H3,(H,17,19). The van der Waals surface area contributed by atoms with Crippen LogP contribution >= 0.6 is 0 Å². The van der Waals surface area contributed by atoms with Gasteiger partial charge in [0.2, 0.25) is 0 Å². The van der Waals surface area contributed by atoms with Gasteiger partial charge in [-0.05, 0) is 44.6 Å². The number of likely N-dealkylation sites (tertiary alicyclic amines) is 1. The molecule has 1 aliphatic heterocycles. The first kappa shape index (κ1) is 14.6. The monoisotopic (exact) mass is 267 g/mol. The van der Waals surface area contributed by atoms with Gasteiger partial charge < -0.3 is 15.5 Å². The van der Waals surface area contributed by atoms with E-state index < -0.39 is 0 Å². The molecule has 1 saturated carbocycles. The number of rotatable bonds is 5. The highest BCUT2D eigenvalue weighted by Crippen LogP contribution is 2.22. The summed E-state index contributed by atoms with van der Waals surface area (Å²) in [5, 5.41) is 6.79. The lowest BCUT2D eigenvalue weighted by Crippen LogP contribution is -2.55. The van der Waals surface area contributed by atoms with Gasteiger partial charge in [-0.2, -0.15) is 0 Å². The van der Waals surface area contributed by atoms with Crippen LogP contribution in [0.25, 0.3) is 0 Å². The number of urea groups is 1. The molecule has 2 unspecified atom stereocenters. The second kappa shape index (κ2) is 7.13. The Labute approximate surface area is 117 Å². The first-order chi connectivity index (χ1) is 9.24. The smallest absolute Gasteiger partial charge is 0.317 e. The molecule has 2 N–H and O–H groups in total. The van der Waals surface area contributed by atoms with Gasteiger partial charge in [0.15, 0.2) is 0 Å². The summed E-state index contributed by atoms with van der Waals surface area (Å²) < 4.78 is 0. The molecule has 0 aromatic rings. The van der Waals surface area contributed by atoms with Crippen LogP contribution in [0.4, 0.5) is 4.79 Å². The summed E-state index contributed by atoms with van der Waals surface area (Å²) in [6.07, 6.45) is 7.02. The lowest BCUT2D eigenvalue weighted by atomic mass is 9.89. The van der Waals surface area contributed by atoms with Gasteiger partial charge in [-0.1, -0.05) is 20.3 Å². The van der Waals surface area contributed by atoms with Crippen molar-refractivity contribution >= 4 is 6.03 Å². The summed E-state index contributed by atoms with van der Waals surface area (Å²) in [5.41, 5.74) is 0. The molecule has 2 fully saturated rings. The number of amides is 2. The van der Waals surface area contributed by atoms with E-state index in [1.165, 1.54) is 12.8 Å². The van der Waals surface area contributed by atoms with Crippen molar-refractivity contribution in [2.24, 2.45) is 5.92 Å². The zero-order chi connectivity index (χ0) is 13.7. The third-order valence-corrected chi connectivity index (χ3v) is 4.63. The second-order valence-corrected chi connectivity index (χ2v) is 6.04. The lowest BCUT2D eigenvalue weighted by molar-refractivity contribution is 0.136. The Morgan fingerprint density at radius 2 is 2.05 bits per heavy atom. The van der Waals surface area contributed by atoms with Crippen molar-refractivity contribution in [3.8, 4) is 0 Å². The predicted molar refractivity (Wildman–Crippen MR) is 78.2 cm³/mol. The molecule has 110 valence electrons. The van der Waals surface area contributed by atoms with Crippen LogP contribution in [0.1, 0.15) is 52.4 Å². The maximum Gasteiger partial charge on any atom is 0.317 e. The van der Waals surface area contributed by atoms with Gasteiger partial charge in [-0.15, -0.1) is 0 Å².